The van der Waals surface area contributed by atoms with Crippen LogP contribution in [0, 0.1) is 12.7 Å². The van der Waals surface area contributed by atoms with Gasteiger partial charge in [0.05, 0.1) is 18.4 Å². The third-order valence-electron chi connectivity index (χ3n) is 3.31. The molecule has 2 N–H and O–H groups in total. The van der Waals surface area contributed by atoms with E-state index in [1.807, 2.05) is 31.2 Å². The van der Waals surface area contributed by atoms with Crippen molar-refractivity contribution in [1.82, 2.24) is 0 Å². The molecule has 0 amide bonds. The van der Waals surface area contributed by atoms with Gasteiger partial charge in [0.15, 0.2) is 0 Å². The van der Waals surface area contributed by atoms with Gasteiger partial charge >= 0.3 is 5.97 Å². The molecule has 0 saturated heterocycles. The van der Waals surface area contributed by atoms with Gasteiger partial charge in [-0.15, -0.1) is 0 Å². The largest absolute Gasteiger partial charge is 0.465 e. The van der Waals surface area contributed by atoms with Crippen LogP contribution < -0.4 is 10.6 Å². The van der Waals surface area contributed by atoms with Gasteiger partial charge in [-0.2, -0.15) is 0 Å². The zero-order valence-electron chi connectivity index (χ0n) is 12.2. The summed E-state index contributed by atoms with van der Waals surface area (Å²) in [5, 5.41) is 0. The molecule has 21 heavy (non-hydrogen) atoms. The zero-order valence-corrected chi connectivity index (χ0v) is 12.2. The molecule has 0 unspecified atom stereocenters. The van der Waals surface area contributed by atoms with Gasteiger partial charge < -0.3 is 15.4 Å². The van der Waals surface area contributed by atoms with Crippen molar-refractivity contribution in [1.29, 1.82) is 0 Å². The second kappa shape index (κ2) is 5.83. The number of nitrogen functional groups attached to an aromatic ring is 1. The van der Waals surface area contributed by atoms with Crippen molar-refractivity contribution in [3.63, 3.8) is 0 Å². The maximum Gasteiger partial charge on any atom is 0.340 e. The van der Waals surface area contributed by atoms with Crippen LogP contribution in [0.25, 0.3) is 0 Å². The van der Waals surface area contributed by atoms with E-state index in [-0.39, 0.29) is 16.9 Å². The number of anilines is 3. The van der Waals surface area contributed by atoms with Crippen LogP contribution in [0.15, 0.2) is 36.4 Å². The Bertz CT molecular complexity index is 669. The lowest BCUT2D eigenvalue weighted by Gasteiger charge is -2.21. The highest BCUT2D eigenvalue weighted by Crippen LogP contribution is 2.30. The molecule has 0 saturated carbocycles. The zero-order chi connectivity index (χ0) is 15.6. The molecule has 0 aliphatic rings. The quantitative estimate of drug-likeness (QED) is 0.695. The summed E-state index contributed by atoms with van der Waals surface area (Å²) >= 11 is 0. The molecule has 0 radical (unpaired) electrons. The lowest BCUT2D eigenvalue weighted by molar-refractivity contribution is 0.0602. The highest BCUT2D eigenvalue weighted by atomic mass is 19.1. The van der Waals surface area contributed by atoms with Gasteiger partial charge in [0.25, 0.3) is 0 Å². The van der Waals surface area contributed by atoms with Crippen LogP contribution in [0.5, 0.6) is 0 Å². The molecule has 0 fully saturated rings. The van der Waals surface area contributed by atoms with Gasteiger partial charge in [0.2, 0.25) is 0 Å². The molecule has 110 valence electrons. The van der Waals surface area contributed by atoms with Crippen LogP contribution in [-0.4, -0.2) is 20.1 Å². The summed E-state index contributed by atoms with van der Waals surface area (Å²) in [6.45, 7) is 1.98. The normalized spacial score (nSPS) is 10.3. The standard InChI is InChI=1S/C16H17FN2O2/c1-10-4-6-11(7-5-10)19(2)15-8-12(16(20)21-3)14(18)9-13(15)17/h4-9H,18H2,1-3H3. The Labute approximate surface area is 122 Å². The molecular formula is C16H17FN2O2. The minimum absolute atomic E-state index is 0.0559. The molecule has 2 aromatic carbocycles. The van der Waals surface area contributed by atoms with E-state index in [9.17, 15) is 9.18 Å². The third-order valence-corrected chi connectivity index (χ3v) is 3.31. The highest BCUT2D eigenvalue weighted by molar-refractivity contribution is 5.96. The third kappa shape index (κ3) is 2.97. The lowest BCUT2D eigenvalue weighted by Crippen LogP contribution is -2.14. The van der Waals surface area contributed by atoms with Gasteiger partial charge in [-0.25, -0.2) is 9.18 Å². The fourth-order valence-electron chi connectivity index (χ4n) is 2.03. The molecule has 2 aromatic rings. The number of halogens is 1. The van der Waals surface area contributed by atoms with Crippen molar-refractivity contribution in [2.45, 2.75) is 6.92 Å². The fourth-order valence-corrected chi connectivity index (χ4v) is 2.03. The SMILES string of the molecule is COC(=O)c1cc(N(C)c2ccc(C)cc2)c(F)cc1N. The summed E-state index contributed by atoms with van der Waals surface area (Å²) < 4.78 is 18.8. The van der Waals surface area contributed by atoms with Gasteiger partial charge in [-0.3, -0.25) is 0 Å². The van der Waals surface area contributed by atoms with E-state index in [1.54, 1.807) is 11.9 Å². The molecular weight excluding hydrogens is 271 g/mol. The van der Waals surface area contributed by atoms with Crippen molar-refractivity contribution < 1.29 is 13.9 Å². The monoisotopic (exact) mass is 288 g/mol. The number of hydrogen-bond acceptors (Lipinski definition) is 4. The van der Waals surface area contributed by atoms with E-state index < -0.39 is 11.8 Å². The number of carbonyl (C=O) groups is 1. The number of benzene rings is 2. The summed E-state index contributed by atoms with van der Waals surface area (Å²) in [5.41, 5.74) is 8.04. The number of carbonyl (C=O) groups excluding carboxylic acids is 1. The summed E-state index contributed by atoms with van der Waals surface area (Å²) in [4.78, 5) is 13.3. The van der Waals surface area contributed by atoms with Crippen LogP contribution in [0.1, 0.15) is 15.9 Å². The van der Waals surface area contributed by atoms with E-state index in [2.05, 4.69) is 4.74 Å². The number of esters is 1. The second-order valence-corrected chi connectivity index (χ2v) is 4.78. The van der Waals surface area contributed by atoms with E-state index in [0.717, 1.165) is 17.3 Å². The van der Waals surface area contributed by atoms with Gasteiger partial charge in [-0.1, -0.05) is 17.7 Å². The molecule has 0 atom stereocenters. The van der Waals surface area contributed by atoms with Crippen LogP contribution >= 0.6 is 0 Å². The maximum atomic E-state index is 14.1. The molecule has 0 aliphatic carbocycles. The molecule has 5 heteroatoms. The average Bonchev–Trinajstić information content (AvgIpc) is 2.47. The Morgan fingerprint density at radius 2 is 1.86 bits per heavy atom. The first-order valence-corrected chi connectivity index (χ1v) is 6.41. The number of nitrogens with two attached hydrogens (primary N) is 1. The van der Waals surface area contributed by atoms with Crippen molar-refractivity contribution in [3.8, 4) is 0 Å². The molecule has 4 nitrogen and oxygen atoms in total. The first-order valence-electron chi connectivity index (χ1n) is 6.41. The van der Waals surface area contributed by atoms with Gasteiger partial charge in [0.1, 0.15) is 5.82 Å². The van der Waals surface area contributed by atoms with E-state index >= 15 is 0 Å². The lowest BCUT2D eigenvalue weighted by atomic mass is 10.1. The first kappa shape index (κ1) is 14.8. The van der Waals surface area contributed by atoms with Gasteiger partial charge in [-0.05, 0) is 31.2 Å². The first-order chi connectivity index (χ1) is 9.93. The van der Waals surface area contributed by atoms with Crippen LogP contribution in [0.4, 0.5) is 21.5 Å². The average molecular weight is 288 g/mol. The summed E-state index contributed by atoms with van der Waals surface area (Å²) in [5.74, 6) is -1.09. The number of methoxy groups -OCH3 is 1. The predicted molar refractivity (Wildman–Crippen MR) is 81.4 cm³/mol. The van der Waals surface area contributed by atoms with Crippen molar-refractivity contribution in [2.75, 3.05) is 24.8 Å². The summed E-state index contributed by atoms with van der Waals surface area (Å²) in [7, 11) is 2.98. The van der Waals surface area contributed by atoms with Crippen LogP contribution in [0.2, 0.25) is 0 Å². The Kier molecular flexibility index (Phi) is 4.12. The number of hydrogen-bond donors (Lipinski definition) is 1. The topological polar surface area (TPSA) is 55.6 Å². The van der Waals surface area contributed by atoms with Crippen molar-refractivity contribution >= 4 is 23.0 Å². The van der Waals surface area contributed by atoms with E-state index in [0.29, 0.717) is 0 Å². The van der Waals surface area contributed by atoms with Crippen LogP contribution in [0.3, 0.4) is 0 Å². The minimum atomic E-state index is -0.592. The summed E-state index contributed by atoms with van der Waals surface area (Å²) in [6, 6.07) is 10.2. The molecule has 0 heterocycles. The smallest absolute Gasteiger partial charge is 0.340 e. The maximum absolute atomic E-state index is 14.1. The van der Waals surface area contributed by atoms with Crippen molar-refractivity contribution in [3.05, 3.63) is 53.3 Å². The molecule has 0 aliphatic heterocycles. The summed E-state index contributed by atoms with van der Waals surface area (Å²) in [6.07, 6.45) is 0. The minimum Gasteiger partial charge on any atom is -0.465 e. The van der Waals surface area contributed by atoms with Gasteiger partial charge in [0, 0.05) is 18.4 Å². The Balaban J connectivity index is 2.47. The second-order valence-electron chi connectivity index (χ2n) is 4.78. The predicted octanol–water partition coefficient (Wildman–Crippen LogP) is 3.27. The molecule has 0 aromatic heterocycles. The Morgan fingerprint density at radius 3 is 2.43 bits per heavy atom. The highest BCUT2D eigenvalue weighted by Gasteiger charge is 2.17. The number of aryl methyl sites for hydroxylation is 1. The number of nitrogens with zero attached hydrogens (tertiary/aromatic N) is 1. The molecule has 0 bridgehead atoms. The fraction of sp³-hybridized carbons (Fsp3) is 0.188. The Hall–Kier alpha value is -2.56. The molecule has 2 rings (SSSR count). The van der Waals surface area contributed by atoms with E-state index in [1.165, 1.54) is 13.2 Å². The van der Waals surface area contributed by atoms with Crippen molar-refractivity contribution in [2.24, 2.45) is 0 Å². The number of rotatable bonds is 3. The van der Waals surface area contributed by atoms with E-state index in [4.69, 9.17) is 5.73 Å². The number of ether oxygens (including phenoxy) is 1. The van der Waals surface area contributed by atoms with Crippen LogP contribution in [-0.2, 0) is 4.74 Å². The Morgan fingerprint density at radius 1 is 1.24 bits per heavy atom. The molecule has 0 spiro atoms.